The van der Waals surface area contributed by atoms with Gasteiger partial charge in [0.05, 0.1) is 0 Å². The number of nitrogens with zero attached hydrogens (tertiary/aromatic N) is 3. The van der Waals surface area contributed by atoms with E-state index < -0.39 is 0 Å². The number of hydrogen-bond acceptors (Lipinski definition) is 4. The molecular weight excluding hydrogens is 671 g/mol. The average Bonchev–Trinajstić information content (AvgIpc) is 3.66. The highest BCUT2D eigenvalue weighted by Crippen LogP contribution is 2.46. The predicted molar refractivity (Wildman–Crippen MR) is 227 cm³/mol. The molecule has 9 aromatic carbocycles. The highest BCUT2D eigenvalue weighted by atomic mass is 16.3. The maximum Gasteiger partial charge on any atom is 0.164 e. The molecule has 55 heavy (non-hydrogen) atoms. The van der Waals surface area contributed by atoms with Gasteiger partial charge >= 0.3 is 0 Å². The molecule has 0 unspecified atom stereocenters. The zero-order chi connectivity index (χ0) is 36.3. The minimum Gasteiger partial charge on any atom is -0.455 e. The van der Waals surface area contributed by atoms with Crippen LogP contribution in [-0.4, -0.2) is 15.0 Å². The molecule has 0 radical (unpaired) electrons. The molecule has 0 spiro atoms. The first-order valence-corrected chi connectivity index (χ1v) is 18.5. The van der Waals surface area contributed by atoms with Crippen LogP contribution in [-0.2, 0) is 0 Å². The second kappa shape index (κ2) is 12.6. The quantitative estimate of drug-likeness (QED) is 0.168. The standard InChI is InChI=1S/C51H31N3O/c1-3-15-32(16-4-1)34-19-13-21-36(29-34)50-52-49(33-17-5-2-6-18-33)53-51(54-50)37-22-14-20-35(30-37)43-31-44-40-25-8-7-23-38(40)39-24-9-10-26-41(39)46(44)48-47(43)42-27-11-12-28-45(42)55-48/h1-31H. The number of furan rings is 1. The molecule has 11 rings (SSSR count). The molecule has 0 saturated heterocycles. The van der Waals surface area contributed by atoms with Crippen molar-refractivity contribution in [3.63, 3.8) is 0 Å². The molecule has 4 nitrogen and oxygen atoms in total. The molecule has 11 aromatic rings. The van der Waals surface area contributed by atoms with E-state index in [0.29, 0.717) is 17.5 Å². The molecule has 0 aliphatic rings. The maximum absolute atomic E-state index is 6.84. The summed E-state index contributed by atoms with van der Waals surface area (Å²) in [4.78, 5) is 15.3. The molecule has 4 heteroatoms. The lowest BCUT2D eigenvalue weighted by Gasteiger charge is -2.14. The van der Waals surface area contributed by atoms with Crippen LogP contribution in [0.3, 0.4) is 0 Å². The average molecular weight is 702 g/mol. The molecule has 0 atom stereocenters. The lowest BCUT2D eigenvalue weighted by Crippen LogP contribution is -2.00. The molecular formula is C51H31N3O. The second-order valence-corrected chi connectivity index (χ2v) is 13.9. The van der Waals surface area contributed by atoms with Gasteiger partial charge in [0.1, 0.15) is 11.2 Å². The third-order valence-corrected chi connectivity index (χ3v) is 10.7. The van der Waals surface area contributed by atoms with Gasteiger partial charge in [0, 0.05) is 32.8 Å². The SMILES string of the molecule is c1ccc(-c2cccc(-c3nc(-c4ccccc4)nc(-c4cccc(-c5cc6c7ccccc7c7ccccc7c6c6oc7ccccc7c56)c4)n3)c2)cc1. The number of fused-ring (bicyclic) bond motifs is 10. The minimum absolute atomic E-state index is 0.612. The lowest BCUT2D eigenvalue weighted by molar-refractivity contribution is 0.673. The van der Waals surface area contributed by atoms with Crippen molar-refractivity contribution in [3.8, 4) is 56.4 Å². The van der Waals surface area contributed by atoms with Gasteiger partial charge in [-0.15, -0.1) is 0 Å². The molecule has 0 amide bonds. The minimum atomic E-state index is 0.612. The van der Waals surface area contributed by atoms with E-state index in [4.69, 9.17) is 19.4 Å². The zero-order valence-electron chi connectivity index (χ0n) is 29.6. The Morgan fingerprint density at radius 2 is 0.745 bits per heavy atom. The summed E-state index contributed by atoms with van der Waals surface area (Å²) in [6.45, 7) is 0. The Labute approximate surface area is 317 Å². The summed E-state index contributed by atoms with van der Waals surface area (Å²) in [5.74, 6) is 1.86. The molecule has 0 saturated carbocycles. The fourth-order valence-corrected chi connectivity index (χ4v) is 8.14. The van der Waals surface area contributed by atoms with E-state index in [0.717, 1.165) is 71.7 Å². The van der Waals surface area contributed by atoms with Crippen LogP contribution in [0.1, 0.15) is 0 Å². The van der Waals surface area contributed by atoms with E-state index in [2.05, 4.69) is 146 Å². The first-order chi connectivity index (χ1) is 27.3. The summed E-state index contributed by atoms with van der Waals surface area (Å²) in [6.07, 6.45) is 0. The fourth-order valence-electron chi connectivity index (χ4n) is 8.14. The van der Waals surface area contributed by atoms with Crippen molar-refractivity contribution in [3.05, 3.63) is 188 Å². The monoisotopic (exact) mass is 701 g/mol. The van der Waals surface area contributed by atoms with Gasteiger partial charge in [0.15, 0.2) is 17.5 Å². The molecule has 2 heterocycles. The molecule has 2 aromatic heterocycles. The van der Waals surface area contributed by atoms with E-state index in [1.165, 1.54) is 21.5 Å². The topological polar surface area (TPSA) is 51.8 Å². The van der Waals surface area contributed by atoms with Crippen LogP contribution in [0.15, 0.2) is 192 Å². The van der Waals surface area contributed by atoms with Gasteiger partial charge in [0.2, 0.25) is 0 Å². The van der Waals surface area contributed by atoms with E-state index in [1.807, 2.05) is 42.5 Å². The third-order valence-electron chi connectivity index (χ3n) is 10.7. The van der Waals surface area contributed by atoms with Crippen molar-refractivity contribution in [1.29, 1.82) is 0 Å². The van der Waals surface area contributed by atoms with Crippen LogP contribution in [0.2, 0.25) is 0 Å². The van der Waals surface area contributed by atoms with Crippen LogP contribution in [0.5, 0.6) is 0 Å². The second-order valence-electron chi connectivity index (χ2n) is 13.9. The van der Waals surface area contributed by atoms with Gasteiger partial charge < -0.3 is 4.42 Å². The van der Waals surface area contributed by atoms with E-state index in [-0.39, 0.29) is 0 Å². The van der Waals surface area contributed by atoms with Crippen molar-refractivity contribution < 1.29 is 4.42 Å². The normalized spacial score (nSPS) is 11.6. The van der Waals surface area contributed by atoms with E-state index in [9.17, 15) is 0 Å². The van der Waals surface area contributed by atoms with E-state index >= 15 is 0 Å². The number of hydrogen-bond donors (Lipinski definition) is 0. The van der Waals surface area contributed by atoms with Crippen molar-refractivity contribution in [2.24, 2.45) is 0 Å². The summed E-state index contributed by atoms with van der Waals surface area (Å²) >= 11 is 0. The van der Waals surface area contributed by atoms with Crippen LogP contribution < -0.4 is 0 Å². The molecule has 0 aliphatic heterocycles. The summed E-state index contributed by atoms with van der Waals surface area (Å²) in [6, 6.07) is 65.6. The lowest BCUT2D eigenvalue weighted by atomic mass is 9.89. The van der Waals surface area contributed by atoms with E-state index in [1.54, 1.807) is 0 Å². The Morgan fingerprint density at radius 3 is 1.42 bits per heavy atom. The van der Waals surface area contributed by atoms with Gasteiger partial charge in [-0.1, -0.05) is 164 Å². The number of rotatable bonds is 5. The van der Waals surface area contributed by atoms with Crippen LogP contribution >= 0.6 is 0 Å². The van der Waals surface area contributed by atoms with Crippen molar-refractivity contribution in [2.75, 3.05) is 0 Å². The fraction of sp³-hybridized carbons (Fsp3) is 0. The molecule has 256 valence electrons. The molecule has 0 fully saturated rings. The van der Waals surface area contributed by atoms with Gasteiger partial charge in [-0.25, -0.2) is 15.0 Å². The van der Waals surface area contributed by atoms with Gasteiger partial charge in [-0.3, -0.25) is 0 Å². The van der Waals surface area contributed by atoms with Crippen LogP contribution in [0.4, 0.5) is 0 Å². The zero-order valence-corrected chi connectivity index (χ0v) is 29.6. The highest BCUT2D eigenvalue weighted by Gasteiger charge is 2.21. The van der Waals surface area contributed by atoms with Crippen molar-refractivity contribution in [1.82, 2.24) is 15.0 Å². The summed E-state index contributed by atoms with van der Waals surface area (Å²) in [5, 5.41) is 9.30. The van der Waals surface area contributed by atoms with Crippen molar-refractivity contribution in [2.45, 2.75) is 0 Å². The summed E-state index contributed by atoms with van der Waals surface area (Å²) in [7, 11) is 0. The Balaban J connectivity index is 1.15. The summed E-state index contributed by atoms with van der Waals surface area (Å²) in [5.41, 5.74) is 8.94. The highest BCUT2D eigenvalue weighted by molar-refractivity contribution is 6.34. The summed E-state index contributed by atoms with van der Waals surface area (Å²) < 4.78 is 6.84. The Morgan fingerprint density at radius 1 is 0.291 bits per heavy atom. The number of aromatic nitrogens is 3. The largest absolute Gasteiger partial charge is 0.455 e. The Hall–Kier alpha value is -7.43. The predicted octanol–water partition coefficient (Wildman–Crippen LogP) is 13.6. The first-order valence-electron chi connectivity index (χ1n) is 18.5. The number of benzene rings is 9. The molecule has 0 bridgehead atoms. The molecule has 0 N–H and O–H groups in total. The number of para-hydroxylation sites is 1. The van der Waals surface area contributed by atoms with Gasteiger partial charge in [-0.2, -0.15) is 0 Å². The Kier molecular flexibility index (Phi) is 7.14. The van der Waals surface area contributed by atoms with Crippen LogP contribution in [0, 0.1) is 0 Å². The van der Waals surface area contributed by atoms with Crippen LogP contribution in [0.25, 0.3) is 111 Å². The molecule has 0 aliphatic carbocycles. The first kappa shape index (κ1) is 31.1. The smallest absolute Gasteiger partial charge is 0.164 e. The maximum atomic E-state index is 6.84. The Bertz CT molecular complexity index is 3260. The van der Waals surface area contributed by atoms with Gasteiger partial charge in [0.25, 0.3) is 0 Å². The van der Waals surface area contributed by atoms with Crippen molar-refractivity contribution >= 4 is 54.3 Å². The van der Waals surface area contributed by atoms with Gasteiger partial charge in [-0.05, 0) is 73.5 Å². The third kappa shape index (κ3) is 5.19.